The van der Waals surface area contributed by atoms with Gasteiger partial charge in [0.25, 0.3) is 21.5 Å². The molecule has 35 heavy (non-hydrogen) atoms. The molecular formula is C26H26N4O4S. The molecule has 0 atom stereocenters. The van der Waals surface area contributed by atoms with Crippen LogP contribution in [0.4, 0.5) is 11.4 Å². The van der Waals surface area contributed by atoms with E-state index in [4.69, 9.17) is 0 Å². The second-order valence-electron chi connectivity index (χ2n) is 8.34. The predicted octanol–water partition coefficient (Wildman–Crippen LogP) is 4.15. The second kappa shape index (κ2) is 9.27. The van der Waals surface area contributed by atoms with Crippen molar-refractivity contribution >= 4 is 27.3 Å². The topological polar surface area (TPSA) is 102 Å². The molecule has 8 nitrogen and oxygen atoms in total. The van der Waals surface area contributed by atoms with Crippen LogP contribution in [-0.4, -0.2) is 23.7 Å². The van der Waals surface area contributed by atoms with E-state index in [0.717, 1.165) is 5.56 Å². The molecule has 2 N–H and O–H groups in total. The number of nitrogens with zero attached hydrogens (tertiary/aromatic N) is 2. The van der Waals surface area contributed by atoms with Crippen molar-refractivity contribution in [2.24, 2.45) is 7.05 Å². The summed E-state index contributed by atoms with van der Waals surface area (Å²) in [5, 5.41) is 2.70. The summed E-state index contributed by atoms with van der Waals surface area (Å²) >= 11 is 0. The molecule has 0 bridgehead atoms. The van der Waals surface area contributed by atoms with E-state index >= 15 is 0 Å². The summed E-state index contributed by atoms with van der Waals surface area (Å²) in [7, 11) is -2.04. The minimum atomic E-state index is -3.79. The molecule has 0 saturated heterocycles. The van der Waals surface area contributed by atoms with Crippen LogP contribution < -0.4 is 15.6 Å². The number of aryl methyl sites for hydroxylation is 2. The van der Waals surface area contributed by atoms with E-state index in [1.165, 1.54) is 28.9 Å². The number of hydrogen-bond donors (Lipinski definition) is 2. The number of carbonyl (C=O) groups is 1. The van der Waals surface area contributed by atoms with Crippen LogP contribution in [-0.2, 0) is 17.1 Å². The number of hydrogen-bond acceptors (Lipinski definition) is 4. The van der Waals surface area contributed by atoms with Crippen LogP contribution in [0.1, 0.15) is 27.2 Å². The third-order valence-corrected chi connectivity index (χ3v) is 7.35. The Labute approximate surface area is 203 Å². The third kappa shape index (κ3) is 4.76. The van der Waals surface area contributed by atoms with Crippen LogP contribution in [0.3, 0.4) is 0 Å². The average Bonchev–Trinajstić information content (AvgIpc) is 3.04. The number of nitrogens with one attached hydrogen (secondary N) is 2. The van der Waals surface area contributed by atoms with Gasteiger partial charge in [0, 0.05) is 18.3 Å². The van der Waals surface area contributed by atoms with Gasteiger partial charge in [-0.1, -0.05) is 30.3 Å². The molecule has 0 fully saturated rings. The van der Waals surface area contributed by atoms with Crippen LogP contribution >= 0.6 is 0 Å². The summed E-state index contributed by atoms with van der Waals surface area (Å²) in [6.45, 7) is 5.31. The number of sulfonamides is 1. The molecule has 0 aliphatic heterocycles. The zero-order valence-electron chi connectivity index (χ0n) is 19.9. The number of amides is 1. The van der Waals surface area contributed by atoms with Crippen molar-refractivity contribution in [3.05, 3.63) is 106 Å². The summed E-state index contributed by atoms with van der Waals surface area (Å²) in [4.78, 5) is 26.1. The third-order valence-electron chi connectivity index (χ3n) is 5.83. The SMILES string of the molecule is Cc1ccc(C)c(S(=O)(=O)Nc2ccc(C(=O)Nc3c(C)n(C)n(-c4ccccc4)c3=O)cc2)c1. The average molecular weight is 491 g/mol. The fourth-order valence-corrected chi connectivity index (χ4v) is 5.18. The van der Waals surface area contributed by atoms with Gasteiger partial charge in [-0.2, -0.15) is 0 Å². The number of rotatable bonds is 6. The zero-order chi connectivity index (χ0) is 25.3. The van der Waals surface area contributed by atoms with Crippen molar-refractivity contribution in [2.45, 2.75) is 25.7 Å². The monoisotopic (exact) mass is 490 g/mol. The Kier molecular flexibility index (Phi) is 6.36. The molecule has 0 aliphatic rings. The van der Waals surface area contributed by atoms with Gasteiger partial charge in [0.15, 0.2) is 0 Å². The largest absolute Gasteiger partial charge is 0.316 e. The maximum Gasteiger partial charge on any atom is 0.295 e. The molecule has 1 heterocycles. The lowest BCUT2D eigenvalue weighted by Crippen LogP contribution is -2.23. The van der Waals surface area contributed by atoms with Gasteiger partial charge in [0.05, 0.1) is 16.3 Å². The van der Waals surface area contributed by atoms with Crippen molar-refractivity contribution < 1.29 is 13.2 Å². The Hall–Kier alpha value is -4.11. The molecule has 4 rings (SSSR count). The number of carbonyl (C=O) groups excluding carboxylic acids is 1. The second-order valence-corrected chi connectivity index (χ2v) is 9.99. The first-order valence-corrected chi connectivity index (χ1v) is 12.4. The summed E-state index contributed by atoms with van der Waals surface area (Å²) in [6, 6.07) is 20.4. The first kappa shape index (κ1) is 24.0. The molecule has 9 heteroatoms. The van der Waals surface area contributed by atoms with Crippen LogP contribution in [0.5, 0.6) is 0 Å². The highest BCUT2D eigenvalue weighted by Crippen LogP contribution is 2.21. The molecule has 0 saturated carbocycles. The van der Waals surface area contributed by atoms with Crippen molar-refractivity contribution in [1.82, 2.24) is 9.36 Å². The molecule has 0 unspecified atom stereocenters. The maximum absolute atomic E-state index is 13.0. The van der Waals surface area contributed by atoms with Gasteiger partial charge >= 0.3 is 0 Å². The predicted molar refractivity (Wildman–Crippen MR) is 137 cm³/mol. The summed E-state index contributed by atoms with van der Waals surface area (Å²) in [6.07, 6.45) is 0. The van der Waals surface area contributed by atoms with Crippen LogP contribution in [0, 0.1) is 20.8 Å². The molecule has 0 spiro atoms. The van der Waals surface area contributed by atoms with Crippen LogP contribution in [0.2, 0.25) is 0 Å². The summed E-state index contributed by atoms with van der Waals surface area (Å²) in [5.74, 6) is -0.472. The Morgan fingerprint density at radius 3 is 2.20 bits per heavy atom. The van der Waals surface area contributed by atoms with E-state index in [1.54, 1.807) is 37.7 Å². The number of benzene rings is 3. The van der Waals surface area contributed by atoms with Gasteiger partial charge in [-0.15, -0.1) is 0 Å². The Morgan fingerprint density at radius 2 is 1.54 bits per heavy atom. The summed E-state index contributed by atoms with van der Waals surface area (Å²) in [5.41, 5.74) is 3.21. The fourth-order valence-electron chi connectivity index (χ4n) is 3.79. The number of anilines is 2. The Balaban J connectivity index is 1.55. The molecular weight excluding hydrogens is 464 g/mol. The van der Waals surface area contributed by atoms with E-state index in [2.05, 4.69) is 10.0 Å². The van der Waals surface area contributed by atoms with Crippen molar-refractivity contribution in [1.29, 1.82) is 0 Å². The highest BCUT2D eigenvalue weighted by atomic mass is 32.2. The molecule has 4 aromatic rings. The van der Waals surface area contributed by atoms with Crippen LogP contribution in [0.15, 0.2) is 82.5 Å². The molecule has 0 radical (unpaired) electrons. The Morgan fingerprint density at radius 1 is 0.886 bits per heavy atom. The van der Waals surface area contributed by atoms with E-state index in [0.29, 0.717) is 22.6 Å². The van der Waals surface area contributed by atoms with E-state index in [-0.39, 0.29) is 21.7 Å². The quantitative estimate of drug-likeness (QED) is 0.424. The van der Waals surface area contributed by atoms with Crippen molar-refractivity contribution in [2.75, 3.05) is 10.0 Å². The van der Waals surface area contributed by atoms with Gasteiger partial charge < -0.3 is 5.32 Å². The standard InChI is InChI=1S/C26H26N4O4S/c1-17-10-11-18(2)23(16-17)35(33,34)28-21-14-12-20(13-15-21)25(31)27-24-19(3)29(4)30(26(24)32)22-8-6-5-7-9-22/h5-16,28H,1-4H3,(H,27,31). The molecule has 3 aromatic carbocycles. The van der Waals surface area contributed by atoms with Crippen molar-refractivity contribution in [3.8, 4) is 5.69 Å². The lowest BCUT2D eigenvalue weighted by molar-refractivity contribution is 0.102. The van der Waals surface area contributed by atoms with Gasteiger partial charge in [-0.3, -0.25) is 19.0 Å². The molecule has 1 amide bonds. The maximum atomic E-state index is 13.0. The van der Waals surface area contributed by atoms with Gasteiger partial charge in [0.2, 0.25) is 0 Å². The summed E-state index contributed by atoms with van der Waals surface area (Å²) < 4.78 is 31.4. The number of aromatic nitrogens is 2. The van der Waals surface area contributed by atoms with Gasteiger partial charge in [0.1, 0.15) is 5.69 Å². The van der Waals surface area contributed by atoms with Crippen molar-refractivity contribution in [3.63, 3.8) is 0 Å². The van der Waals surface area contributed by atoms with E-state index < -0.39 is 15.9 Å². The van der Waals surface area contributed by atoms with E-state index in [9.17, 15) is 18.0 Å². The highest BCUT2D eigenvalue weighted by Gasteiger charge is 2.20. The normalized spacial score (nSPS) is 11.3. The molecule has 1 aromatic heterocycles. The zero-order valence-corrected chi connectivity index (χ0v) is 20.7. The molecule has 180 valence electrons. The minimum absolute atomic E-state index is 0.182. The molecule has 0 aliphatic carbocycles. The number of para-hydroxylation sites is 1. The van der Waals surface area contributed by atoms with Gasteiger partial charge in [-0.25, -0.2) is 13.1 Å². The smallest absolute Gasteiger partial charge is 0.295 e. The highest BCUT2D eigenvalue weighted by molar-refractivity contribution is 7.92. The minimum Gasteiger partial charge on any atom is -0.316 e. The van der Waals surface area contributed by atoms with Gasteiger partial charge in [-0.05, 0) is 74.4 Å². The Bertz CT molecular complexity index is 1570. The fraction of sp³-hybridized carbons (Fsp3) is 0.154. The lowest BCUT2D eigenvalue weighted by Gasteiger charge is -2.11. The van der Waals surface area contributed by atoms with E-state index in [1.807, 2.05) is 43.3 Å². The lowest BCUT2D eigenvalue weighted by atomic mass is 10.2. The first-order valence-electron chi connectivity index (χ1n) is 10.9. The van der Waals surface area contributed by atoms with Crippen LogP contribution in [0.25, 0.3) is 5.69 Å². The first-order chi connectivity index (χ1) is 16.6.